The third-order valence-electron chi connectivity index (χ3n) is 3.55. The summed E-state index contributed by atoms with van der Waals surface area (Å²) in [5.41, 5.74) is 2.22. The van der Waals surface area contributed by atoms with Crippen molar-refractivity contribution in [3.8, 4) is 0 Å². The molecular weight excluding hydrogens is 322 g/mol. The molecule has 6 nitrogen and oxygen atoms in total. The fourth-order valence-corrected chi connectivity index (χ4v) is 2.93. The van der Waals surface area contributed by atoms with Crippen LogP contribution in [0, 0.1) is 0 Å². The molecule has 7 heteroatoms. The molecule has 124 valence electrons. The Balaban J connectivity index is 1.46. The number of nitrogens with zero attached hydrogens (tertiary/aromatic N) is 3. The highest BCUT2D eigenvalue weighted by molar-refractivity contribution is 7.09. The van der Waals surface area contributed by atoms with Gasteiger partial charge in [0.15, 0.2) is 0 Å². The van der Waals surface area contributed by atoms with Crippen LogP contribution < -0.4 is 10.6 Å². The van der Waals surface area contributed by atoms with Crippen LogP contribution >= 0.6 is 11.3 Å². The van der Waals surface area contributed by atoms with Gasteiger partial charge in [-0.15, -0.1) is 11.3 Å². The highest BCUT2D eigenvalue weighted by atomic mass is 32.1. The zero-order valence-electron chi connectivity index (χ0n) is 13.3. The average molecular weight is 341 g/mol. The molecule has 0 aliphatic carbocycles. The van der Waals surface area contributed by atoms with E-state index in [1.54, 1.807) is 12.4 Å². The van der Waals surface area contributed by atoms with Gasteiger partial charge in [0.05, 0.1) is 12.6 Å². The van der Waals surface area contributed by atoms with Crippen molar-refractivity contribution in [2.75, 3.05) is 0 Å². The molecule has 0 fully saturated rings. The lowest BCUT2D eigenvalue weighted by Crippen LogP contribution is -2.36. The van der Waals surface area contributed by atoms with Crippen LogP contribution in [0.25, 0.3) is 0 Å². The minimum Gasteiger partial charge on any atom is -0.334 e. The quantitative estimate of drug-likeness (QED) is 0.724. The summed E-state index contributed by atoms with van der Waals surface area (Å²) in [5.74, 6) is 0. The number of benzene rings is 1. The normalized spacial score (nSPS) is 11.9. The molecule has 0 aliphatic heterocycles. The smallest absolute Gasteiger partial charge is 0.315 e. The second kappa shape index (κ2) is 7.74. The van der Waals surface area contributed by atoms with E-state index in [0.29, 0.717) is 6.54 Å². The number of aromatic nitrogens is 3. The highest BCUT2D eigenvalue weighted by Gasteiger charge is 2.11. The minimum atomic E-state index is -0.196. The van der Waals surface area contributed by atoms with E-state index >= 15 is 0 Å². The van der Waals surface area contributed by atoms with E-state index < -0.39 is 0 Å². The number of carbonyl (C=O) groups excluding carboxylic acids is 1. The van der Waals surface area contributed by atoms with Gasteiger partial charge in [-0.3, -0.25) is 4.68 Å². The summed E-state index contributed by atoms with van der Waals surface area (Å²) < 4.78 is 1.88. The number of nitrogens with one attached hydrogen (secondary N) is 2. The van der Waals surface area contributed by atoms with Crippen LogP contribution in [-0.2, 0) is 13.1 Å². The number of urea groups is 1. The first kappa shape index (κ1) is 16.2. The van der Waals surface area contributed by atoms with Crippen molar-refractivity contribution in [2.24, 2.45) is 0 Å². The average Bonchev–Trinajstić information content (AvgIpc) is 3.28. The van der Waals surface area contributed by atoms with Crippen molar-refractivity contribution in [3.05, 3.63) is 70.4 Å². The van der Waals surface area contributed by atoms with Crippen LogP contribution in [0.5, 0.6) is 0 Å². The molecule has 0 radical (unpaired) electrons. The van der Waals surface area contributed by atoms with Gasteiger partial charge in [-0.25, -0.2) is 9.78 Å². The summed E-state index contributed by atoms with van der Waals surface area (Å²) in [7, 11) is 0. The predicted molar refractivity (Wildman–Crippen MR) is 93.7 cm³/mol. The maximum Gasteiger partial charge on any atom is 0.315 e. The molecule has 24 heavy (non-hydrogen) atoms. The molecule has 3 rings (SSSR count). The first-order valence-corrected chi connectivity index (χ1v) is 8.57. The summed E-state index contributed by atoms with van der Waals surface area (Å²) in [6, 6.07) is 9.75. The van der Waals surface area contributed by atoms with E-state index in [-0.39, 0.29) is 12.1 Å². The third kappa shape index (κ3) is 4.42. The molecule has 2 heterocycles. The van der Waals surface area contributed by atoms with Gasteiger partial charge < -0.3 is 10.6 Å². The summed E-state index contributed by atoms with van der Waals surface area (Å²) in [4.78, 5) is 16.1. The fraction of sp³-hybridized carbons (Fsp3) is 0.235. The van der Waals surface area contributed by atoms with Gasteiger partial charge in [-0.1, -0.05) is 24.3 Å². The molecular formula is C17H19N5OS. The summed E-state index contributed by atoms with van der Waals surface area (Å²) >= 11 is 1.53. The first-order chi connectivity index (χ1) is 11.7. The van der Waals surface area contributed by atoms with Crippen LogP contribution in [0.15, 0.2) is 54.3 Å². The standard InChI is InChI=1S/C17H19N5OS/c1-13(16-18-8-10-24-16)21-17(23)19-11-14-3-5-15(6-4-14)12-22-9-2-7-20-22/h2-10,13H,11-12H2,1H3,(H2,19,21,23)/t13-/m0/s1. The molecule has 0 bridgehead atoms. The molecule has 2 amide bonds. The van der Waals surface area contributed by atoms with E-state index in [1.165, 1.54) is 16.9 Å². The Bertz CT molecular complexity index is 753. The van der Waals surface area contributed by atoms with Crippen molar-refractivity contribution >= 4 is 17.4 Å². The summed E-state index contributed by atoms with van der Waals surface area (Å²) in [6.45, 7) is 3.15. The second-order valence-electron chi connectivity index (χ2n) is 5.44. The lowest BCUT2D eigenvalue weighted by atomic mass is 10.1. The minimum absolute atomic E-state index is 0.0959. The van der Waals surface area contributed by atoms with Crippen molar-refractivity contribution in [1.29, 1.82) is 0 Å². The molecule has 0 aliphatic rings. The predicted octanol–water partition coefficient (Wildman–Crippen LogP) is 2.95. The largest absolute Gasteiger partial charge is 0.334 e. The lowest BCUT2D eigenvalue weighted by molar-refractivity contribution is 0.237. The van der Waals surface area contributed by atoms with Crippen molar-refractivity contribution < 1.29 is 4.79 Å². The van der Waals surface area contributed by atoms with Gasteiger partial charge in [0.1, 0.15) is 5.01 Å². The SMILES string of the molecule is C[C@H](NC(=O)NCc1ccc(Cn2cccn2)cc1)c1nccs1. The maximum atomic E-state index is 11.9. The molecule has 3 aromatic rings. The molecule has 2 aromatic heterocycles. The van der Waals surface area contributed by atoms with E-state index in [4.69, 9.17) is 0 Å². The number of thiazole rings is 1. The van der Waals surface area contributed by atoms with Crippen LogP contribution in [-0.4, -0.2) is 20.8 Å². The van der Waals surface area contributed by atoms with Crippen LogP contribution in [0.2, 0.25) is 0 Å². The number of carbonyl (C=O) groups is 1. The van der Waals surface area contributed by atoms with Gasteiger partial charge in [0.25, 0.3) is 0 Å². The zero-order valence-corrected chi connectivity index (χ0v) is 14.2. The van der Waals surface area contributed by atoms with Gasteiger partial charge in [-0.2, -0.15) is 5.10 Å². The Hall–Kier alpha value is -2.67. The number of amides is 2. The lowest BCUT2D eigenvalue weighted by Gasteiger charge is -2.12. The van der Waals surface area contributed by atoms with E-state index in [1.807, 2.05) is 41.4 Å². The Kier molecular flexibility index (Phi) is 5.22. The Morgan fingerprint density at radius 2 is 2.04 bits per heavy atom. The first-order valence-electron chi connectivity index (χ1n) is 7.70. The van der Waals surface area contributed by atoms with Crippen molar-refractivity contribution in [2.45, 2.75) is 26.1 Å². The fourth-order valence-electron chi connectivity index (χ4n) is 2.28. The van der Waals surface area contributed by atoms with E-state index in [0.717, 1.165) is 17.1 Å². The van der Waals surface area contributed by atoms with Gasteiger partial charge in [0, 0.05) is 30.5 Å². The monoisotopic (exact) mass is 341 g/mol. The maximum absolute atomic E-state index is 11.9. The highest BCUT2D eigenvalue weighted by Crippen LogP contribution is 2.14. The number of hydrogen-bond acceptors (Lipinski definition) is 4. The molecule has 2 N–H and O–H groups in total. The topological polar surface area (TPSA) is 71.8 Å². The summed E-state index contributed by atoms with van der Waals surface area (Å²) in [5, 5.41) is 12.7. The molecule has 0 unspecified atom stereocenters. The van der Waals surface area contributed by atoms with Crippen LogP contribution in [0.3, 0.4) is 0 Å². The Morgan fingerprint density at radius 3 is 2.71 bits per heavy atom. The van der Waals surface area contributed by atoms with E-state index in [9.17, 15) is 4.79 Å². The van der Waals surface area contributed by atoms with Gasteiger partial charge in [0.2, 0.25) is 0 Å². The van der Waals surface area contributed by atoms with E-state index in [2.05, 4.69) is 32.8 Å². The van der Waals surface area contributed by atoms with Gasteiger partial charge in [-0.05, 0) is 24.1 Å². The third-order valence-corrected chi connectivity index (χ3v) is 4.51. The van der Waals surface area contributed by atoms with Crippen LogP contribution in [0.4, 0.5) is 4.79 Å². The van der Waals surface area contributed by atoms with Crippen LogP contribution in [0.1, 0.15) is 29.1 Å². The molecule has 0 saturated heterocycles. The molecule has 1 aromatic carbocycles. The van der Waals surface area contributed by atoms with Gasteiger partial charge >= 0.3 is 6.03 Å². The Morgan fingerprint density at radius 1 is 1.25 bits per heavy atom. The number of hydrogen-bond donors (Lipinski definition) is 2. The Labute approximate surface area is 144 Å². The second-order valence-corrected chi connectivity index (χ2v) is 6.37. The van der Waals surface area contributed by atoms with Crippen molar-refractivity contribution in [1.82, 2.24) is 25.4 Å². The molecule has 0 saturated carbocycles. The van der Waals surface area contributed by atoms with Crippen molar-refractivity contribution in [3.63, 3.8) is 0 Å². The zero-order chi connectivity index (χ0) is 16.8. The molecule has 0 spiro atoms. The molecule has 1 atom stereocenters. The number of rotatable bonds is 6. The summed E-state index contributed by atoms with van der Waals surface area (Å²) in [6.07, 6.45) is 5.44.